The molecule has 0 bridgehead atoms. The molecule has 0 saturated carbocycles. The van der Waals surface area contributed by atoms with Crippen molar-refractivity contribution in [2.24, 2.45) is 0 Å². The first-order valence-electron chi connectivity index (χ1n) is 9.97. The molecule has 32 heavy (non-hydrogen) atoms. The van der Waals surface area contributed by atoms with Crippen LogP contribution in [-0.4, -0.2) is 42.1 Å². The van der Waals surface area contributed by atoms with Crippen molar-refractivity contribution in [2.45, 2.75) is 46.6 Å². The van der Waals surface area contributed by atoms with Gasteiger partial charge in [-0.25, -0.2) is 9.59 Å². The fourth-order valence-corrected chi connectivity index (χ4v) is 3.36. The van der Waals surface area contributed by atoms with E-state index in [9.17, 15) is 24.5 Å². The Kier molecular flexibility index (Phi) is 8.11. The monoisotopic (exact) mass is 446 g/mol. The lowest BCUT2D eigenvalue weighted by atomic mass is 9.80. The second-order valence-corrected chi connectivity index (χ2v) is 7.42. The number of benzene rings is 1. The zero-order valence-electron chi connectivity index (χ0n) is 18.6. The van der Waals surface area contributed by atoms with Crippen LogP contribution in [0.1, 0.15) is 46.1 Å². The number of dihydropyridines is 1. The van der Waals surface area contributed by atoms with Crippen LogP contribution >= 0.6 is 0 Å². The summed E-state index contributed by atoms with van der Waals surface area (Å²) in [5.41, 5.74) is 1.32. The van der Waals surface area contributed by atoms with E-state index in [-0.39, 0.29) is 30.0 Å². The minimum atomic E-state index is -0.955. The molecule has 10 nitrogen and oxygen atoms in total. The minimum Gasteiger partial charge on any atom is -0.462 e. The quantitative estimate of drug-likeness (QED) is 0.210. The molecule has 0 spiro atoms. The number of nitro benzene ring substituents is 1. The number of carbonyl (C=O) groups is 3. The van der Waals surface area contributed by atoms with E-state index in [0.29, 0.717) is 17.0 Å². The molecule has 1 heterocycles. The van der Waals surface area contributed by atoms with E-state index >= 15 is 0 Å². The topological polar surface area (TPSA) is 134 Å². The summed E-state index contributed by atoms with van der Waals surface area (Å²) in [6, 6.07) is 5.71. The third kappa shape index (κ3) is 5.93. The average Bonchev–Trinajstić information content (AvgIpc) is 2.69. The highest BCUT2D eigenvalue weighted by Crippen LogP contribution is 2.40. The Bertz CT molecular complexity index is 993. The van der Waals surface area contributed by atoms with E-state index in [1.54, 1.807) is 33.8 Å². The van der Waals surface area contributed by atoms with Crippen LogP contribution in [0.5, 0.6) is 0 Å². The van der Waals surface area contributed by atoms with E-state index in [1.807, 2.05) is 0 Å². The number of hydrogen-bond acceptors (Lipinski definition) is 9. The number of hydrogen-bond donors (Lipinski definition) is 1. The van der Waals surface area contributed by atoms with Crippen LogP contribution in [0.3, 0.4) is 0 Å². The second kappa shape index (κ2) is 10.6. The Morgan fingerprint density at radius 3 is 2.22 bits per heavy atom. The highest BCUT2D eigenvalue weighted by atomic mass is 16.6. The first-order chi connectivity index (χ1) is 15.0. The number of nitrogens with zero attached hydrogens (tertiary/aromatic N) is 1. The maximum absolute atomic E-state index is 13.0. The summed E-state index contributed by atoms with van der Waals surface area (Å²) in [5.74, 6) is -2.87. The van der Waals surface area contributed by atoms with Gasteiger partial charge in [-0.15, -0.1) is 0 Å². The number of ether oxygens (including phenoxy) is 3. The molecule has 1 aliphatic heterocycles. The summed E-state index contributed by atoms with van der Waals surface area (Å²) in [4.78, 5) is 47.6. The molecule has 0 aliphatic carbocycles. The number of nitro groups is 1. The van der Waals surface area contributed by atoms with Crippen molar-refractivity contribution < 1.29 is 33.5 Å². The summed E-state index contributed by atoms with van der Waals surface area (Å²) in [5, 5.41) is 14.3. The second-order valence-electron chi connectivity index (χ2n) is 7.42. The highest BCUT2D eigenvalue weighted by molar-refractivity contribution is 6.00. The van der Waals surface area contributed by atoms with Crippen molar-refractivity contribution in [3.8, 4) is 0 Å². The molecule has 0 amide bonds. The summed E-state index contributed by atoms with van der Waals surface area (Å²) < 4.78 is 15.4. The lowest BCUT2D eigenvalue weighted by molar-refractivity contribution is -0.384. The van der Waals surface area contributed by atoms with E-state index in [0.717, 1.165) is 0 Å². The Hall–Kier alpha value is -3.69. The van der Waals surface area contributed by atoms with Gasteiger partial charge >= 0.3 is 17.9 Å². The van der Waals surface area contributed by atoms with Crippen LogP contribution < -0.4 is 5.32 Å². The molecule has 0 aromatic heterocycles. The Labute approximate surface area is 185 Å². The van der Waals surface area contributed by atoms with Crippen molar-refractivity contribution in [1.82, 2.24) is 5.32 Å². The average molecular weight is 446 g/mol. The van der Waals surface area contributed by atoms with Crippen LogP contribution in [0, 0.1) is 10.1 Å². The molecule has 1 aliphatic rings. The van der Waals surface area contributed by atoms with Gasteiger partial charge in [-0.3, -0.25) is 14.9 Å². The predicted octanol–water partition coefficient (Wildman–Crippen LogP) is 2.89. The molecule has 1 N–H and O–H groups in total. The molecule has 10 heteroatoms. The van der Waals surface area contributed by atoms with Gasteiger partial charge in [-0.2, -0.15) is 0 Å². The van der Waals surface area contributed by atoms with Gasteiger partial charge in [-0.1, -0.05) is 12.1 Å². The fraction of sp³-hybridized carbons (Fsp3) is 0.409. The van der Waals surface area contributed by atoms with Crippen LogP contribution in [0.2, 0.25) is 0 Å². The lowest BCUT2D eigenvalue weighted by Crippen LogP contribution is -2.33. The van der Waals surface area contributed by atoms with E-state index < -0.39 is 34.9 Å². The van der Waals surface area contributed by atoms with Gasteiger partial charge in [0.1, 0.15) is 13.2 Å². The molecule has 0 fully saturated rings. The smallest absolute Gasteiger partial charge is 0.337 e. The van der Waals surface area contributed by atoms with Crippen molar-refractivity contribution in [1.29, 1.82) is 0 Å². The lowest BCUT2D eigenvalue weighted by Gasteiger charge is -2.30. The first-order valence-corrected chi connectivity index (χ1v) is 9.97. The van der Waals surface area contributed by atoms with Crippen LogP contribution in [0.4, 0.5) is 5.69 Å². The van der Waals surface area contributed by atoms with Gasteiger partial charge in [0.25, 0.3) is 5.69 Å². The predicted molar refractivity (Wildman–Crippen MR) is 113 cm³/mol. The number of carbonyl (C=O) groups excluding carboxylic acids is 3. The van der Waals surface area contributed by atoms with Crippen molar-refractivity contribution in [3.63, 3.8) is 0 Å². The molecule has 1 aromatic carbocycles. The number of nitrogens with one attached hydrogen (secondary N) is 1. The fourth-order valence-electron chi connectivity index (χ4n) is 3.36. The Morgan fingerprint density at radius 2 is 1.66 bits per heavy atom. The third-order valence-corrected chi connectivity index (χ3v) is 4.58. The van der Waals surface area contributed by atoms with E-state index in [2.05, 4.69) is 5.32 Å². The van der Waals surface area contributed by atoms with E-state index in [1.165, 1.54) is 25.1 Å². The van der Waals surface area contributed by atoms with Gasteiger partial charge in [0.2, 0.25) is 0 Å². The maximum Gasteiger partial charge on any atom is 0.337 e. The van der Waals surface area contributed by atoms with Gasteiger partial charge in [0.15, 0.2) is 0 Å². The van der Waals surface area contributed by atoms with E-state index in [4.69, 9.17) is 14.2 Å². The molecule has 1 unspecified atom stereocenters. The van der Waals surface area contributed by atoms with Crippen LogP contribution in [-0.2, 0) is 28.6 Å². The number of allylic oxidation sites excluding steroid dienone is 2. The van der Waals surface area contributed by atoms with Crippen molar-refractivity contribution in [3.05, 3.63) is 62.5 Å². The zero-order chi connectivity index (χ0) is 24.0. The van der Waals surface area contributed by atoms with Crippen molar-refractivity contribution >= 4 is 23.6 Å². The zero-order valence-corrected chi connectivity index (χ0v) is 18.6. The number of rotatable bonds is 8. The maximum atomic E-state index is 13.0. The Morgan fingerprint density at radius 1 is 1.06 bits per heavy atom. The molecular weight excluding hydrogens is 420 g/mol. The molecule has 0 radical (unpaired) electrons. The highest BCUT2D eigenvalue weighted by Gasteiger charge is 2.38. The molecule has 1 aromatic rings. The van der Waals surface area contributed by atoms with Gasteiger partial charge in [-0.05, 0) is 33.3 Å². The third-order valence-electron chi connectivity index (χ3n) is 4.58. The van der Waals surface area contributed by atoms with Gasteiger partial charge in [0.05, 0.1) is 28.1 Å². The molecule has 2 rings (SSSR count). The van der Waals surface area contributed by atoms with Crippen LogP contribution in [0.15, 0.2) is 46.8 Å². The van der Waals surface area contributed by atoms with Gasteiger partial charge < -0.3 is 19.5 Å². The normalized spacial score (nSPS) is 15.9. The summed E-state index contributed by atoms with van der Waals surface area (Å²) in [7, 11) is 0. The SMILES string of the molecule is CC(=O)OCCOC(=O)C1=C(C)NC(C)=C(C(=O)OC(C)C)C1c1cccc([N+](=O)[O-])c1. The largest absolute Gasteiger partial charge is 0.462 e. The molecule has 0 saturated heterocycles. The summed E-state index contributed by atoms with van der Waals surface area (Å²) >= 11 is 0. The van der Waals surface area contributed by atoms with Gasteiger partial charge in [0, 0.05) is 30.5 Å². The summed E-state index contributed by atoms with van der Waals surface area (Å²) in [6.45, 7) is 7.60. The molecule has 1 atom stereocenters. The summed E-state index contributed by atoms with van der Waals surface area (Å²) in [6.07, 6.45) is -0.417. The van der Waals surface area contributed by atoms with Crippen LogP contribution in [0.25, 0.3) is 0 Å². The van der Waals surface area contributed by atoms with Crippen molar-refractivity contribution in [2.75, 3.05) is 13.2 Å². The number of esters is 3. The molecule has 172 valence electrons. The standard InChI is InChI=1S/C22H26N2O8/c1-12(2)32-22(27)19-14(4)23-13(3)18(21(26)31-10-9-30-15(5)25)20(19)16-7-6-8-17(11-16)24(28)29/h6-8,11-12,20,23H,9-10H2,1-5H3. The Balaban J connectivity index is 2.52. The number of non-ortho nitro benzene ring substituents is 1. The molecular formula is C22H26N2O8. The first kappa shape index (κ1) is 24.6. The minimum absolute atomic E-state index is 0.106.